The van der Waals surface area contributed by atoms with Gasteiger partial charge in [-0.05, 0) is 49.2 Å². The summed E-state index contributed by atoms with van der Waals surface area (Å²) < 4.78 is 0. The van der Waals surface area contributed by atoms with Gasteiger partial charge in [-0.3, -0.25) is 4.90 Å². The molecule has 2 aliphatic rings. The quantitative estimate of drug-likeness (QED) is 0.847. The van der Waals surface area contributed by atoms with Crippen LogP contribution < -0.4 is 5.32 Å². The first-order valence-corrected chi connectivity index (χ1v) is 7.19. The second kappa shape index (κ2) is 4.47. The first kappa shape index (κ1) is 10.8. The maximum Gasteiger partial charge on any atom is 0.0331 e. The van der Waals surface area contributed by atoms with Gasteiger partial charge in [0.2, 0.25) is 0 Å². The number of rotatable bonds is 2. The fraction of sp³-hybridized carbons (Fsp3) is 0.692. The summed E-state index contributed by atoms with van der Waals surface area (Å²) in [5, 5.41) is 5.88. The number of nitrogens with one attached hydrogen (secondary N) is 1. The highest BCUT2D eigenvalue weighted by molar-refractivity contribution is 7.10. The molecule has 88 valence electrons. The Bertz CT molecular complexity index is 347. The summed E-state index contributed by atoms with van der Waals surface area (Å²) >= 11 is 1.91. The van der Waals surface area contributed by atoms with Gasteiger partial charge in [0, 0.05) is 30.6 Å². The molecule has 2 aliphatic heterocycles. The van der Waals surface area contributed by atoms with E-state index in [0.717, 1.165) is 18.5 Å². The van der Waals surface area contributed by atoms with Crippen molar-refractivity contribution in [2.75, 3.05) is 19.6 Å². The maximum absolute atomic E-state index is 3.67. The molecule has 1 aromatic heterocycles. The molecule has 0 amide bonds. The second-order valence-corrected chi connectivity index (χ2v) is 6.18. The SMILES string of the molecule is Cc1ccsc1CN1C[C@@H]2CCCN[C@@H]2C1. The molecule has 0 saturated carbocycles. The fourth-order valence-corrected chi connectivity index (χ4v) is 3.98. The van der Waals surface area contributed by atoms with Gasteiger partial charge < -0.3 is 5.32 Å². The first-order valence-electron chi connectivity index (χ1n) is 6.31. The Morgan fingerprint density at radius 2 is 2.44 bits per heavy atom. The van der Waals surface area contributed by atoms with Crippen molar-refractivity contribution in [3.8, 4) is 0 Å². The Morgan fingerprint density at radius 3 is 3.19 bits per heavy atom. The Kier molecular flexibility index (Phi) is 3.01. The topological polar surface area (TPSA) is 15.3 Å². The van der Waals surface area contributed by atoms with Gasteiger partial charge in [-0.25, -0.2) is 0 Å². The summed E-state index contributed by atoms with van der Waals surface area (Å²) in [5.74, 6) is 0.911. The van der Waals surface area contributed by atoms with E-state index < -0.39 is 0 Å². The Morgan fingerprint density at radius 1 is 1.50 bits per heavy atom. The van der Waals surface area contributed by atoms with Gasteiger partial charge in [0.1, 0.15) is 0 Å². The molecule has 2 nitrogen and oxygen atoms in total. The lowest BCUT2D eigenvalue weighted by molar-refractivity contribution is 0.314. The largest absolute Gasteiger partial charge is 0.312 e. The highest BCUT2D eigenvalue weighted by Gasteiger charge is 2.34. The lowest BCUT2D eigenvalue weighted by Gasteiger charge is -2.24. The molecule has 3 rings (SSSR count). The number of piperidine rings is 1. The van der Waals surface area contributed by atoms with Crippen LogP contribution in [0.5, 0.6) is 0 Å². The van der Waals surface area contributed by atoms with Gasteiger partial charge >= 0.3 is 0 Å². The van der Waals surface area contributed by atoms with Crippen LogP contribution in [0.25, 0.3) is 0 Å². The van der Waals surface area contributed by atoms with E-state index in [0.29, 0.717) is 0 Å². The third-order valence-corrected chi connectivity index (χ3v) is 5.02. The molecule has 16 heavy (non-hydrogen) atoms. The van der Waals surface area contributed by atoms with E-state index >= 15 is 0 Å². The molecule has 0 unspecified atom stereocenters. The number of fused-ring (bicyclic) bond motifs is 1. The summed E-state index contributed by atoms with van der Waals surface area (Å²) in [6.45, 7) is 7.18. The van der Waals surface area contributed by atoms with Crippen molar-refractivity contribution in [2.24, 2.45) is 5.92 Å². The highest BCUT2D eigenvalue weighted by atomic mass is 32.1. The third kappa shape index (κ3) is 2.04. The van der Waals surface area contributed by atoms with Gasteiger partial charge in [0.05, 0.1) is 0 Å². The van der Waals surface area contributed by atoms with Crippen LogP contribution in [0.4, 0.5) is 0 Å². The summed E-state index contributed by atoms with van der Waals surface area (Å²) in [6.07, 6.45) is 2.80. The van der Waals surface area contributed by atoms with Crippen molar-refractivity contribution in [2.45, 2.75) is 32.4 Å². The minimum Gasteiger partial charge on any atom is -0.312 e. The lowest BCUT2D eigenvalue weighted by atomic mass is 9.94. The predicted molar refractivity (Wildman–Crippen MR) is 68.8 cm³/mol. The zero-order chi connectivity index (χ0) is 11.0. The molecule has 0 aliphatic carbocycles. The number of likely N-dealkylation sites (tertiary alicyclic amines) is 1. The fourth-order valence-electron chi connectivity index (χ4n) is 3.03. The predicted octanol–water partition coefficient (Wildman–Crippen LogP) is 2.24. The van der Waals surface area contributed by atoms with E-state index in [4.69, 9.17) is 0 Å². The monoisotopic (exact) mass is 236 g/mol. The van der Waals surface area contributed by atoms with Crippen LogP contribution in [0.3, 0.4) is 0 Å². The molecule has 2 fully saturated rings. The van der Waals surface area contributed by atoms with E-state index in [2.05, 4.69) is 28.6 Å². The molecule has 0 aromatic carbocycles. The van der Waals surface area contributed by atoms with Crippen LogP contribution >= 0.6 is 11.3 Å². The van der Waals surface area contributed by atoms with Crippen molar-refractivity contribution in [1.29, 1.82) is 0 Å². The Labute approximate surface area is 102 Å². The average molecular weight is 236 g/mol. The smallest absolute Gasteiger partial charge is 0.0331 e. The molecule has 2 saturated heterocycles. The average Bonchev–Trinajstić information content (AvgIpc) is 2.85. The third-order valence-electron chi connectivity index (χ3n) is 4.01. The van der Waals surface area contributed by atoms with Crippen molar-refractivity contribution in [1.82, 2.24) is 10.2 Å². The van der Waals surface area contributed by atoms with Crippen molar-refractivity contribution >= 4 is 11.3 Å². The second-order valence-electron chi connectivity index (χ2n) is 5.18. The van der Waals surface area contributed by atoms with Crippen LogP contribution in [0.1, 0.15) is 23.3 Å². The number of thiophene rings is 1. The van der Waals surface area contributed by atoms with Crippen LogP contribution in [0, 0.1) is 12.8 Å². The van der Waals surface area contributed by atoms with E-state index in [-0.39, 0.29) is 0 Å². The molecule has 0 bridgehead atoms. The minimum atomic E-state index is 0.772. The van der Waals surface area contributed by atoms with Crippen LogP contribution in [0.2, 0.25) is 0 Å². The van der Waals surface area contributed by atoms with Gasteiger partial charge in [-0.15, -0.1) is 11.3 Å². The van der Waals surface area contributed by atoms with E-state index in [1.54, 1.807) is 4.88 Å². The summed E-state index contributed by atoms with van der Waals surface area (Å²) in [6, 6.07) is 3.01. The van der Waals surface area contributed by atoms with Crippen LogP contribution in [-0.4, -0.2) is 30.6 Å². The minimum absolute atomic E-state index is 0.772. The van der Waals surface area contributed by atoms with Gasteiger partial charge in [-0.1, -0.05) is 0 Å². The standard InChI is InChI=1S/C13H20N2S/c1-10-4-6-16-13(10)9-15-7-11-3-2-5-14-12(11)8-15/h4,6,11-12,14H,2-3,5,7-9H2,1H3/t11-,12+/m0/s1. The normalized spacial score (nSPS) is 30.6. The van der Waals surface area contributed by atoms with E-state index in [9.17, 15) is 0 Å². The van der Waals surface area contributed by atoms with Crippen LogP contribution in [-0.2, 0) is 6.54 Å². The van der Waals surface area contributed by atoms with Gasteiger partial charge in [0.15, 0.2) is 0 Å². The molecule has 0 spiro atoms. The number of hydrogen-bond donors (Lipinski definition) is 1. The Hall–Kier alpha value is -0.380. The molecule has 2 atom stereocenters. The molecule has 1 aromatic rings. The van der Waals surface area contributed by atoms with Gasteiger partial charge in [0.25, 0.3) is 0 Å². The first-order chi connectivity index (χ1) is 7.83. The number of hydrogen-bond acceptors (Lipinski definition) is 3. The molecular weight excluding hydrogens is 216 g/mol. The van der Waals surface area contributed by atoms with Crippen LogP contribution in [0.15, 0.2) is 11.4 Å². The lowest BCUT2D eigenvalue weighted by Crippen LogP contribution is -2.40. The summed E-state index contributed by atoms with van der Waals surface area (Å²) in [7, 11) is 0. The molecule has 1 N–H and O–H groups in total. The zero-order valence-corrected chi connectivity index (χ0v) is 10.7. The molecular formula is C13H20N2S. The highest BCUT2D eigenvalue weighted by Crippen LogP contribution is 2.27. The van der Waals surface area contributed by atoms with E-state index in [1.165, 1.54) is 38.0 Å². The molecule has 3 heteroatoms. The Balaban J connectivity index is 1.63. The maximum atomic E-state index is 3.67. The van der Waals surface area contributed by atoms with Crippen molar-refractivity contribution in [3.63, 3.8) is 0 Å². The van der Waals surface area contributed by atoms with Crippen molar-refractivity contribution in [3.05, 3.63) is 21.9 Å². The summed E-state index contributed by atoms with van der Waals surface area (Å²) in [4.78, 5) is 4.19. The van der Waals surface area contributed by atoms with Crippen molar-refractivity contribution < 1.29 is 0 Å². The number of aryl methyl sites for hydroxylation is 1. The van der Waals surface area contributed by atoms with Gasteiger partial charge in [-0.2, -0.15) is 0 Å². The zero-order valence-electron chi connectivity index (χ0n) is 9.91. The summed E-state index contributed by atoms with van der Waals surface area (Å²) in [5.41, 5.74) is 1.47. The molecule has 0 radical (unpaired) electrons. The number of nitrogens with zero attached hydrogens (tertiary/aromatic N) is 1. The van der Waals surface area contributed by atoms with E-state index in [1.807, 2.05) is 11.3 Å². The molecule has 3 heterocycles.